The molecule has 1 heterocycles. The number of ether oxygens (including phenoxy) is 2. The summed E-state index contributed by atoms with van der Waals surface area (Å²) in [4.78, 5) is 38.6. The molecule has 8 heteroatoms. The van der Waals surface area contributed by atoms with Crippen LogP contribution in [0, 0.1) is 0 Å². The summed E-state index contributed by atoms with van der Waals surface area (Å²) in [5.41, 5.74) is 2.73. The maximum Gasteiger partial charge on any atom is 0.408 e. The predicted octanol–water partition coefficient (Wildman–Crippen LogP) is 3.79. The molecule has 1 saturated heterocycles. The average Bonchev–Trinajstić information content (AvgIpc) is 3.16. The fourth-order valence-electron chi connectivity index (χ4n) is 5.15. The van der Waals surface area contributed by atoms with Crippen LogP contribution >= 0.6 is 0 Å². The van der Waals surface area contributed by atoms with E-state index in [1.54, 1.807) is 11.8 Å². The quantitative estimate of drug-likeness (QED) is 0.566. The highest BCUT2D eigenvalue weighted by molar-refractivity contribution is 5.90. The molecule has 0 radical (unpaired) electrons. The lowest BCUT2D eigenvalue weighted by atomic mass is 9.87. The summed E-state index contributed by atoms with van der Waals surface area (Å²) in [6, 6.07) is 16.2. The van der Waals surface area contributed by atoms with Gasteiger partial charge in [0.2, 0.25) is 5.91 Å². The Balaban J connectivity index is 1.40. The Morgan fingerprint density at radius 1 is 1.03 bits per heavy atom. The third kappa shape index (κ3) is 4.75. The van der Waals surface area contributed by atoms with E-state index in [1.165, 1.54) is 0 Å². The molecule has 1 aliphatic carbocycles. The molecule has 2 aliphatic rings. The van der Waals surface area contributed by atoms with Gasteiger partial charge in [-0.3, -0.25) is 4.79 Å². The van der Waals surface area contributed by atoms with Gasteiger partial charge >= 0.3 is 12.1 Å². The highest BCUT2D eigenvalue weighted by atomic mass is 16.5. The summed E-state index contributed by atoms with van der Waals surface area (Å²) in [6.07, 6.45) is 0.167. The molecule has 8 nitrogen and oxygen atoms in total. The standard InChI is InChI=1S/C27H32N2O6/c1-4-27(5-2,24(32)29-16-26(3,17-29)35-15-23(30)31)28-25(33)34-14-22-20-12-8-6-10-18(20)19-11-7-9-13-21(19)22/h6-13,22H,4-5,14-17H2,1-3H3,(H,28,33)(H,30,31). The van der Waals surface area contributed by atoms with Crippen molar-refractivity contribution in [2.24, 2.45) is 0 Å². The predicted molar refractivity (Wildman–Crippen MR) is 130 cm³/mol. The number of fused-ring (bicyclic) bond motifs is 3. The first-order valence-corrected chi connectivity index (χ1v) is 12.0. The second kappa shape index (κ2) is 9.70. The minimum atomic E-state index is -1.10. The van der Waals surface area contributed by atoms with Crippen molar-refractivity contribution in [2.75, 3.05) is 26.3 Å². The molecule has 1 fully saturated rings. The summed E-state index contributed by atoms with van der Waals surface area (Å²) >= 11 is 0. The molecule has 2 amide bonds. The van der Waals surface area contributed by atoms with Crippen LogP contribution in [-0.4, -0.2) is 65.4 Å². The molecule has 2 aromatic carbocycles. The van der Waals surface area contributed by atoms with Gasteiger partial charge < -0.3 is 24.8 Å². The number of nitrogens with zero attached hydrogens (tertiary/aromatic N) is 1. The molecule has 0 spiro atoms. The highest BCUT2D eigenvalue weighted by Gasteiger charge is 2.49. The molecule has 0 atom stereocenters. The van der Waals surface area contributed by atoms with Crippen LogP contribution in [0.15, 0.2) is 48.5 Å². The number of amides is 2. The lowest BCUT2D eigenvalue weighted by Gasteiger charge is -2.50. The van der Waals surface area contributed by atoms with Gasteiger partial charge in [-0.15, -0.1) is 0 Å². The Hall–Kier alpha value is -3.39. The van der Waals surface area contributed by atoms with Gasteiger partial charge in [-0.1, -0.05) is 62.4 Å². The van der Waals surface area contributed by atoms with Crippen LogP contribution in [0.5, 0.6) is 0 Å². The number of alkyl carbamates (subject to hydrolysis) is 1. The maximum absolute atomic E-state index is 13.3. The topological polar surface area (TPSA) is 105 Å². The zero-order chi connectivity index (χ0) is 25.2. The van der Waals surface area contributed by atoms with Gasteiger partial charge in [-0.2, -0.15) is 0 Å². The van der Waals surface area contributed by atoms with Crippen molar-refractivity contribution >= 4 is 18.0 Å². The molecule has 0 aromatic heterocycles. The van der Waals surface area contributed by atoms with Gasteiger partial charge in [0.25, 0.3) is 0 Å². The van der Waals surface area contributed by atoms with Crippen molar-refractivity contribution in [1.82, 2.24) is 10.2 Å². The van der Waals surface area contributed by atoms with E-state index in [9.17, 15) is 14.4 Å². The third-order valence-corrected chi connectivity index (χ3v) is 7.18. The number of carboxylic acid groups (broad SMARTS) is 1. The van der Waals surface area contributed by atoms with Crippen molar-refractivity contribution in [1.29, 1.82) is 0 Å². The van der Waals surface area contributed by atoms with Crippen LogP contribution < -0.4 is 5.32 Å². The van der Waals surface area contributed by atoms with Crippen molar-refractivity contribution in [3.05, 3.63) is 59.7 Å². The first kappa shape index (κ1) is 24.7. The number of carboxylic acids is 1. The molecule has 0 saturated carbocycles. The summed E-state index contributed by atoms with van der Waals surface area (Å²) in [5, 5.41) is 11.7. The number of benzene rings is 2. The Morgan fingerprint density at radius 2 is 1.57 bits per heavy atom. The number of rotatable bonds is 9. The van der Waals surface area contributed by atoms with E-state index in [0.717, 1.165) is 22.3 Å². The third-order valence-electron chi connectivity index (χ3n) is 7.18. The molecule has 0 bridgehead atoms. The van der Waals surface area contributed by atoms with E-state index < -0.39 is 29.8 Å². The summed E-state index contributed by atoms with van der Waals surface area (Å²) in [5.74, 6) is -1.33. The van der Waals surface area contributed by atoms with Gasteiger partial charge in [0.1, 0.15) is 24.4 Å². The minimum absolute atomic E-state index is 0.0658. The van der Waals surface area contributed by atoms with Crippen molar-refractivity contribution in [2.45, 2.75) is 50.7 Å². The van der Waals surface area contributed by atoms with Crippen LogP contribution in [-0.2, 0) is 19.1 Å². The van der Waals surface area contributed by atoms with Crippen LogP contribution in [0.2, 0.25) is 0 Å². The smallest absolute Gasteiger partial charge is 0.408 e. The number of aliphatic carboxylic acids is 1. The molecule has 186 valence electrons. The number of hydrogen-bond acceptors (Lipinski definition) is 5. The molecule has 2 N–H and O–H groups in total. The molecule has 1 aliphatic heterocycles. The van der Waals surface area contributed by atoms with E-state index in [-0.39, 0.29) is 31.5 Å². The first-order valence-electron chi connectivity index (χ1n) is 12.0. The number of nitrogens with one attached hydrogen (secondary N) is 1. The monoisotopic (exact) mass is 480 g/mol. The summed E-state index contributed by atoms with van der Waals surface area (Å²) in [7, 11) is 0. The summed E-state index contributed by atoms with van der Waals surface area (Å²) in [6.45, 7) is 5.78. The Labute approximate surface area is 205 Å². The fourth-order valence-corrected chi connectivity index (χ4v) is 5.15. The summed E-state index contributed by atoms with van der Waals surface area (Å²) < 4.78 is 11.1. The van der Waals surface area contributed by atoms with E-state index in [2.05, 4.69) is 29.6 Å². The van der Waals surface area contributed by atoms with Crippen LogP contribution in [0.4, 0.5) is 4.79 Å². The number of carbonyl (C=O) groups excluding carboxylic acids is 2. The van der Waals surface area contributed by atoms with Gasteiger partial charge in [0.05, 0.1) is 13.1 Å². The van der Waals surface area contributed by atoms with Gasteiger partial charge in [0.15, 0.2) is 0 Å². The highest BCUT2D eigenvalue weighted by Crippen LogP contribution is 2.44. The lowest BCUT2D eigenvalue weighted by Crippen LogP contribution is -2.69. The largest absolute Gasteiger partial charge is 0.480 e. The Bertz CT molecular complexity index is 1070. The number of carbonyl (C=O) groups is 3. The number of hydrogen-bond donors (Lipinski definition) is 2. The fraction of sp³-hybridized carbons (Fsp3) is 0.444. The second-order valence-corrected chi connectivity index (χ2v) is 9.53. The first-order chi connectivity index (χ1) is 16.7. The van der Waals surface area contributed by atoms with E-state index in [0.29, 0.717) is 12.8 Å². The van der Waals surface area contributed by atoms with E-state index in [4.69, 9.17) is 14.6 Å². The molecule has 35 heavy (non-hydrogen) atoms. The Morgan fingerprint density at radius 3 is 2.09 bits per heavy atom. The molecule has 0 unspecified atom stereocenters. The van der Waals surface area contributed by atoms with Crippen LogP contribution in [0.1, 0.15) is 50.7 Å². The van der Waals surface area contributed by atoms with Gasteiger partial charge in [-0.05, 0) is 42.0 Å². The lowest BCUT2D eigenvalue weighted by molar-refractivity contribution is -0.177. The average molecular weight is 481 g/mol. The van der Waals surface area contributed by atoms with E-state index in [1.807, 2.05) is 38.1 Å². The maximum atomic E-state index is 13.3. The number of likely N-dealkylation sites (tertiary alicyclic amines) is 1. The van der Waals surface area contributed by atoms with Gasteiger partial charge in [-0.25, -0.2) is 9.59 Å². The van der Waals surface area contributed by atoms with Crippen LogP contribution in [0.25, 0.3) is 11.1 Å². The zero-order valence-corrected chi connectivity index (χ0v) is 20.4. The van der Waals surface area contributed by atoms with Crippen molar-refractivity contribution < 1.29 is 29.0 Å². The minimum Gasteiger partial charge on any atom is -0.480 e. The second-order valence-electron chi connectivity index (χ2n) is 9.53. The Kier molecular flexibility index (Phi) is 6.85. The molecular weight excluding hydrogens is 448 g/mol. The molecular formula is C27H32N2O6. The van der Waals surface area contributed by atoms with Gasteiger partial charge in [0, 0.05) is 5.92 Å². The van der Waals surface area contributed by atoms with E-state index >= 15 is 0 Å². The molecule has 4 rings (SSSR count). The van der Waals surface area contributed by atoms with Crippen molar-refractivity contribution in [3.63, 3.8) is 0 Å². The van der Waals surface area contributed by atoms with Crippen LogP contribution in [0.3, 0.4) is 0 Å². The zero-order valence-electron chi connectivity index (χ0n) is 20.4. The normalized spacial score (nSPS) is 16.1. The van der Waals surface area contributed by atoms with Crippen molar-refractivity contribution in [3.8, 4) is 11.1 Å². The molecule has 2 aromatic rings. The SMILES string of the molecule is CCC(CC)(NC(=O)OCC1c2ccccc2-c2ccccc21)C(=O)N1CC(C)(OCC(=O)O)C1.